The summed E-state index contributed by atoms with van der Waals surface area (Å²) in [7, 11) is 0. The van der Waals surface area contributed by atoms with Gasteiger partial charge in [-0.25, -0.2) is 4.98 Å². The lowest BCUT2D eigenvalue weighted by Gasteiger charge is -2.38. The normalized spacial score (nSPS) is 20.1. The molecule has 1 aromatic carbocycles. The highest BCUT2D eigenvalue weighted by Crippen LogP contribution is 2.34. The standard InChI is InChI=1S/C19H24ClN7/c1-2-26-11-23-16-17(22)24-19(25-18(16)26)27(13-7-5-6-12(20)10-13)15-9-4-3-8-14(15)21/h5-7,10-11,14-15H,2-4,8-9,21H2,1H3,(H2,22,24,25)/t14-,15+/m1/s1. The van der Waals surface area contributed by atoms with Gasteiger partial charge in [-0.1, -0.05) is 30.5 Å². The molecule has 142 valence electrons. The Kier molecular flexibility index (Phi) is 4.88. The van der Waals surface area contributed by atoms with E-state index in [1.807, 2.05) is 35.8 Å². The van der Waals surface area contributed by atoms with Crippen LogP contribution in [0.2, 0.25) is 5.02 Å². The van der Waals surface area contributed by atoms with Crippen molar-refractivity contribution in [2.24, 2.45) is 5.73 Å². The van der Waals surface area contributed by atoms with Gasteiger partial charge >= 0.3 is 0 Å². The van der Waals surface area contributed by atoms with Crippen LogP contribution in [-0.4, -0.2) is 31.6 Å². The van der Waals surface area contributed by atoms with Crippen LogP contribution in [0.1, 0.15) is 32.6 Å². The molecular formula is C19H24ClN7. The molecule has 4 N–H and O–H groups in total. The minimum atomic E-state index is 0.0364. The van der Waals surface area contributed by atoms with Crippen LogP contribution < -0.4 is 16.4 Å². The number of nitrogen functional groups attached to an aromatic ring is 1. The van der Waals surface area contributed by atoms with Crippen molar-refractivity contribution in [3.63, 3.8) is 0 Å². The smallest absolute Gasteiger partial charge is 0.234 e. The zero-order chi connectivity index (χ0) is 19.0. The number of rotatable bonds is 4. The summed E-state index contributed by atoms with van der Waals surface area (Å²) in [4.78, 5) is 15.9. The van der Waals surface area contributed by atoms with Gasteiger partial charge in [0.15, 0.2) is 11.5 Å². The summed E-state index contributed by atoms with van der Waals surface area (Å²) in [6.07, 6.45) is 5.97. The van der Waals surface area contributed by atoms with Gasteiger partial charge in [0.2, 0.25) is 5.95 Å². The number of nitrogens with zero attached hydrogens (tertiary/aromatic N) is 5. The Bertz CT molecular complexity index is 954. The lowest BCUT2D eigenvalue weighted by Crippen LogP contribution is -2.48. The molecule has 0 unspecified atom stereocenters. The van der Waals surface area contributed by atoms with Crippen molar-refractivity contribution in [3.8, 4) is 0 Å². The zero-order valence-corrected chi connectivity index (χ0v) is 16.1. The minimum absolute atomic E-state index is 0.0364. The molecule has 0 spiro atoms. The molecule has 1 aliphatic rings. The molecule has 2 atom stereocenters. The van der Waals surface area contributed by atoms with Gasteiger partial charge in [-0.15, -0.1) is 0 Å². The second kappa shape index (κ2) is 7.32. The van der Waals surface area contributed by atoms with Crippen LogP contribution in [0.3, 0.4) is 0 Å². The molecule has 0 radical (unpaired) electrons. The Morgan fingerprint density at radius 2 is 2.07 bits per heavy atom. The molecule has 1 aliphatic carbocycles. The molecule has 0 bridgehead atoms. The average Bonchev–Trinajstić information content (AvgIpc) is 3.07. The summed E-state index contributed by atoms with van der Waals surface area (Å²) in [6.45, 7) is 2.80. The molecule has 0 aliphatic heterocycles. The fraction of sp³-hybridized carbons (Fsp3) is 0.421. The number of imidazole rings is 1. The van der Waals surface area contributed by atoms with Crippen LogP contribution in [0, 0.1) is 0 Å². The summed E-state index contributed by atoms with van der Waals surface area (Å²) < 4.78 is 1.97. The molecule has 0 amide bonds. The van der Waals surface area contributed by atoms with Gasteiger partial charge < -0.3 is 20.9 Å². The maximum absolute atomic E-state index is 6.50. The summed E-state index contributed by atoms with van der Waals surface area (Å²) in [6, 6.07) is 7.84. The molecular weight excluding hydrogens is 362 g/mol. The first-order valence-corrected chi connectivity index (χ1v) is 9.75. The third-order valence-electron chi connectivity index (χ3n) is 5.23. The van der Waals surface area contributed by atoms with Gasteiger partial charge in [0, 0.05) is 23.3 Å². The first-order chi connectivity index (χ1) is 13.1. The highest BCUT2D eigenvalue weighted by atomic mass is 35.5. The van der Waals surface area contributed by atoms with Gasteiger partial charge in [-0.2, -0.15) is 9.97 Å². The maximum Gasteiger partial charge on any atom is 0.234 e. The number of aryl methyl sites for hydroxylation is 1. The molecule has 27 heavy (non-hydrogen) atoms. The summed E-state index contributed by atoms with van der Waals surface area (Å²) in [5.74, 6) is 0.915. The Morgan fingerprint density at radius 1 is 1.26 bits per heavy atom. The molecule has 0 saturated heterocycles. The predicted octanol–water partition coefficient (Wildman–Crippen LogP) is 3.49. The van der Waals surface area contributed by atoms with Gasteiger partial charge in [-0.05, 0) is 38.0 Å². The van der Waals surface area contributed by atoms with Crippen molar-refractivity contribution >= 4 is 40.2 Å². The van der Waals surface area contributed by atoms with Gasteiger partial charge in [0.25, 0.3) is 0 Å². The summed E-state index contributed by atoms with van der Waals surface area (Å²) >= 11 is 6.27. The van der Waals surface area contributed by atoms with Crippen molar-refractivity contribution < 1.29 is 0 Å². The van der Waals surface area contributed by atoms with Crippen molar-refractivity contribution in [1.29, 1.82) is 0 Å². The zero-order valence-electron chi connectivity index (χ0n) is 15.3. The number of aromatic nitrogens is 4. The quantitative estimate of drug-likeness (QED) is 0.713. The van der Waals surface area contributed by atoms with E-state index in [1.54, 1.807) is 6.33 Å². The van der Waals surface area contributed by atoms with E-state index in [2.05, 4.69) is 14.9 Å². The Morgan fingerprint density at radius 3 is 2.81 bits per heavy atom. The van der Waals surface area contributed by atoms with Gasteiger partial charge in [-0.3, -0.25) is 0 Å². The van der Waals surface area contributed by atoms with E-state index in [1.165, 1.54) is 0 Å². The monoisotopic (exact) mass is 385 g/mol. The first-order valence-electron chi connectivity index (χ1n) is 9.37. The number of benzene rings is 1. The number of halogens is 1. The van der Waals surface area contributed by atoms with E-state index in [0.717, 1.165) is 43.6 Å². The van der Waals surface area contributed by atoms with Crippen molar-refractivity contribution in [2.75, 3.05) is 10.6 Å². The van der Waals surface area contributed by atoms with Gasteiger partial charge in [0.05, 0.1) is 12.4 Å². The third-order valence-corrected chi connectivity index (χ3v) is 5.47. The fourth-order valence-electron chi connectivity index (χ4n) is 3.84. The highest BCUT2D eigenvalue weighted by Gasteiger charge is 2.31. The Labute approximate surface area is 163 Å². The third kappa shape index (κ3) is 3.33. The van der Waals surface area contributed by atoms with E-state index in [4.69, 9.17) is 28.1 Å². The molecule has 1 fully saturated rings. The van der Waals surface area contributed by atoms with E-state index in [9.17, 15) is 0 Å². The minimum Gasteiger partial charge on any atom is -0.382 e. The fourth-order valence-corrected chi connectivity index (χ4v) is 4.02. The number of hydrogen-bond donors (Lipinski definition) is 2. The molecule has 1 saturated carbocycles. The Hall–Kier alpha value is -2.38. The molecule has 8 heteroatoms. The molecule has 4 rings (SSSR count). The van der Waals surface area contributed by atoms with E-state index < -0.39 is 0 Å². The number of fused-ring (bicyclic) bond motifs is 1. The van der Waals surface area contributed by atoms with E-state index >= 15 is 0 Å². The maximum atomic E-state index is 6.50. The van der Waals surface area contributed by atoms with E-state index in [-0.39, 0.29) is 12.1 Å². The molecule has 7 nitrogen and oxygen atoms in total. The van der Waals surface area contributed by atoms with Crippen LogP contribution in [0.5, 0.6) is 0 Å². The first kappa shape index (κ1) is 18.0. The van der Waals surface area contributed by atoms with Crippen molar-refractivity contribution in [3.05, 3.63) is 35.6 Å². The number of anilines is 3. The SMILES string of the molecule is CCn1cnc2c(N)nc(N(c3cccc(Cl)c3)[C@H]3CCCC[C@H]3N)nc21. The second-order valence-electron chi connectivity index (χ2n) is 6.98. The van der Waals surface area contributed by atoms with Crippen LogP contribution in [-0.2, 0) is 6.54 Å². The van der Waals surface area contributed by atoms with Crippen LogP contribution in [0.15, 0.2) is 30.6 Å². The summed E-state index contributed by atoms with van der Waals surface area (Å²) in [5.41, 5.74) is 15.0. The van der Waals surface area contributed by atoms with Crippen molar-refractivity contribution in [2.45, 2.75) is 51.2 Å². The molecule has 3 aromatic rings. The lowest BCUT2D eigenvalue weighted by molar-refractivity contribution is 0.378. The molecule has 2 heterocycles. The average molecular weight is 386 g/mol. The summed E-state index contributed by atoms with van der Waals surface area (Å²) in [5, 5.41) is 0.662. The van der Waals surface area contributed by atoms with Crippen molar-refractivity contribution in [1.82, 2.24) is 19.5 Å². The van der Waals surface area contributed by atoms with Crippen LogP contribution in [0.4, 0.5) is 17.5 Å². The number of nitrogens with two attached hydrogens (primary N) is 2. The van der Waals surface area contributed by atoms with Gasteiger partial charge in [0.1, 0.15) is 5.52 Å². The Balaban J connectivity index is 1.89. The highest BCUT2D eigenvalue weighted by molar-refractivity contribution is 6.30. The topological polar surface area (TPSA) is 98.9 Å². The largest absolute Gasteiger partial charge is 0.382 e. The second-order valence-corrected chi connectivity index (χ2v) is 7.41. The molecule has 2 aromatic heterocycles. The van der Waals surface area contributed by atoms with Crippen LogP contribution >= 0.6 is 11.6 Å². The van der Waals surface area contributed by atoms with Crippen LogP contribution in [0.25, 0.3) is 11.2 Å². The lowest BCUT2D eigenvalue weighted by atomic mass is 9.89. The predicted molar refractivity (Wildman–Crippen MR) is 109 cm³/mol. The number of hydrogen-bond acceptors (Lipinski definition) is 6. The van der Waals surface area contributed by atoms with E-state index in [0.29, 0.717) is 22.3 Å².